The van der Waals surface area contributed by atoms with Crippen LogP contribution in [0.2, 0.25) is 0 Å². The van der Waals surface area contributed by atoms with Gasteiger partial charge in [-0.15, -0.1) is 0 Å². The van der Waals surface area contributed by atoms with Gasteiger partial charge in [-0.2, -0.15) is 0 Å². The van der Waals surface area contributed by atoms with Crippen molar-refractivity contribution in [2.75, 3.05) is 11.9 Å². The van der Waals surface area contributed by atoms with E-state index in [4.69, 9.17) is 5.73 Å². The molecule has 2 aromatic rings. The summed E-state index contributed by atoms with van der Waals surface area (Å²) < 4.78 is 13.5. The third kappa shape index (κ3) is 3.88. The van der Waals surface area contributed by atoms with E-state index in [0.717, 1.165) is 11.8 Å². The van der Waals surface area contributed by atoms with Crippen LogP contribution in [0.3, 0.4) is 0 Å². The number of carbonyl (C=O) groups is 1. The Morgan fingerprint density at radius 3 is 2.95 bits per heavy atom. The molecule has 0 saturated carbocycles. The molecule has 0 saturated heterocycles. The number of aryl methyl sites for hydroxylation is 1. The number of amides is 1. The van der Waals surface area contributed by atoms with Crippen LogP contribution in [0.1, 0.15) is 21.5 Å². The lowest BCUT2D eigenvalue weighted by Crippen LogP contribution is -2.13. The van der Waals surface area contributed by atoms with Crippen LogP contribution in [-0.2, 0) is 0 Å². The van der Waals surface area contributed by atoms with Crippen LogP contribution >= 0.6 is 0 Å². The Labute approximate surface area is 122 Å². The lowest BCUT2D eigenvalue weighted by Gasteiger charge is -2.07. The van der Waals surface area contributed by atoms with Gasteiger partial charge in [-0.3, -0.25) is 9.78 Å². The van der Waals surface area contributed by atoms with Gasteiger partial charge in [-0.25, -0.2) is 4.39 Å². The highest BCUT2D eigenvalue weighted by Gasteiger charge is 2.10. The maximum absolute atomic E-state index is 13.5. The Hall–Kier alpha value is -2.71. The van der Waals surface area contributed by atoms with Crippen LogP contribution in [0, 0.1) is 24.6 Å². The predicted octanol–water partition coefficient (Wildman–Crippen LogP) is 2.09. The summed E-state index contributed by atoms with van der Waals surface area (Å²) >= 11 is 0. The molecule has 1 amide bonds. The van der Waals surface area contributed by atoms with Gasteiger partial charge in [0.1, 0.15) is 0 Å². The number of anilines is 1. The highest BCUT2D eigenvalue weighted by atomic mass is 19.1. The lowest BCUT2D eigenvalue weighted by molar-refractivity contribution is 0.102. The number of hydrogen-bond acceptors (Lipinski definition) is 3. The van der Waals surface area contributed by atoms with Crippen LogP contribution in [0.25, 0.3) is 0 Å². The van der Waals surface area contributed by atoms with Crippen molar-refractivity contribution >= 4 is 11.6 Å². The van der Waals surface area contributed by atoms with E-state index in [1.54, 1.807) is 12.1 Å². The average molecular weight is 283 g/mol. The van der Waals surface area contributed by atoms with Crippen molar-refractivity contribution in [3.63, 3.8) is 0 Å². The van der Waals surface area contributed by atoms with E-state index in [2.05, 4.69) is 22.1 Å². The summed E-state index contributed by atoms with van der Waals surface area (Å²) in [5, 5.41) is 2.51. The van der Waals surface area contributed by atoms with Gasteiger partial charge in [0, 0.05) is 17.3 Å². The van der Waals surface area contributed by atoms with E-state index >= 15 is 0 Å². The largest absolute Gasteiger partial charge is 0.320 e. The summed E-state index contributed by atoms with van der Waals surface area (Å²) in [6.07, 6.45) is 2.46. The van der Waals surface area contributed by atoms with E-state index < -0.39 is 11.7 Å². The van der Waals surface area contributed by atoms with Gasteiger partial charge in [0.25, 0.3) is 5.91 Å². The maximum Gasteiger partial charge on any atom is 0.255 e. The molecule has 0 aliphatic heterocycles. The number of rotatable bonds is 2. The summed E-state index contributed by atoms with van der Waals surface area (Å²) in [5.74, 6) is 4.63. The van der Waals surface area contributed by atoms with Gasteiger partial charge in [-0.05, 0) is 36.8 Å². The number of halogens is 1. The Morgan fingerprint density at radius 1 is 1.43 bits per heavy atom. The number of pyridine rings is 1. The van der Waals surface area contributed by atoms with Crippen LogP contribution < -0.4 is 11.1 Å². The molecule has 0 radical (unpaired) electrons. The molecule has 0 atom stereocenters. The molecule has 106 valence electrons. The van der Waals surface area contributed by atoms with E-state index in [1.807, 2.05) is 13.0 Å². The van der Waals surface area contributed by atoms with Crippen LogP contribution in [0.4, 0.5) is 10.1 Å². The first-order valence-corrected chi connectivity index (χ1v) is 6.31. The molecule has 1 heterocycles. The van der Waals surface area contributed by atoms with Gasteiger partial charge in [0.2, 0.25) is 0 Å². The van der Waals surface area contributed by atoms with Crippen molar-refractivity contribution in [1.82, 2.24) is 4.98 Å². The fraction of sp³-hybridized carbons (Fsp3) is 0.125. The molecule has 3 N–H and O–H groups in total. The average Bonchev–Trinajstić information content (AvgIpc) is 2.47. The van der Waals surface area contributed by atoms with E-state index in [-0.39, 0.29) is 12.2 Å². The molecule has 0 spiro atoms. The summed E-state index contributed by atoms with van der Waals surface area (Å²) in [7, 11) is 0. The van der Waals surface area contributed by atoms with E-state index in [9.17, 15) is 9.18 Å². The molecule has 1 aromatic heterocycles. The maximum atomic E-state index is 13.5. The number of nitrogens with two attached hydrogens (primary N) is 1. The molecule has 1 aromatic carbocycles. The Balaban J connectivity index is 2.27. The second-order valence-electron chi connectivity index (χ2n) is 4.40. The normalized spacial score (nSPS) is 9.67. The predicted molar refractivity (Wildman–Crippen MR) is 79.3 cm³/mol. The van der Waals surface area contributed by atoms with Gasteiger partial charge in [0.15, 0.2) is 5.82 Å². The standard InChI is InChI=1S/C16H14FN3O/c1-11-7-12(3-2-5-18)9-13(8-11)16(21)20-15-4-6-19-10-14(15)17/h4,6-10H,5,18H2,1H3,(H,19,20,21). The highest BCUT2D eigenvalue weighted by Crippen LogP contribution is 2.14. The Morgan fingerprint density at radius 2 is 2.24 bits per heavy atom. The van der Waals surface area contributed by atoms with Crippen LogP contribution in [0.5, 0.6) is 0 Å². The number of benzene rings is 1. The lowest BCUT2D eigenvalue weighted by atomic mass is 10.1. The third-order valence-electron chi connectivity index (χ3n) is 2.69. The summed E-state index contributed by atoms with van der Waals surface area (Å²) in [6.45, 7) is 2.11. The molecule has 4 nitrogen and oxygen atoms in total. The molecule has 5 heteroatoms. The van der Waals surface area contributed by atoms with Crippen molar-refractivity contribution < 1.29 is 9.18 Å². The summed E-state index contributed by atoms with van der Waals surface area (Å²) in [4.78, 5) is 15.8. The topological polar surface area (TPSA) is 68.0 Å². The Bertz CT molecular complexity index is 732. The smallest absolute Gasteiger partial charge is 0.255 e. The molecule has 0 aliphatic rings. The fourth-order valence-corrected chi connectivity index (χ4v) is 1.81. The minimum Gasteiger partial charge on any atom is -0.320 e. The monoisotopic (exact) mass is 283 g/mol. The van der Waals surface area contributed by atoms with Crippen molar-refractivity contribution in [2.24, 2.45) is 5.73 Å². The van der Waals surface area contributed by atoms with Crippen LogP contribution in [0.15, 0.2) is 36.7 Å². The number of nitrogens with zero attached hydrogens (tertiary/aromatic N) is 1. The molecule has 0 bridgehead atoms. The zero-order chi connectivity index (χ0) is 15.2. The van der Waals surface area contributed by atoms with Crippen molar-refractivity contribution in [3.8, 4) is 11.8 Å². The zero-order valence-electron chi connectivity index (χ0n) is 11.5. The molecular weight excluding hydrogens is 269 g/mol. The fourth-order valence-electron chi connectivity index (χ4n) is 1.81. The van der Waals surface area contributed by atoms with Crippen LogP contribution in [-0.4, -0.2) is 17.4 Å². The highest BCUT2D eigenvalue weighted by molar-refractivity contribution is 6.04. The Kier molecular flexibility index (Phi) is 4.64. The van der Waals surface area contributed by atoms with Gasteiger partial charge < -0.3 is 11.1 Å². The minimum absolute atomic E-state index is 0.0890. The summed E-state index contributed by atoms with van der Waals surface area (Å²) in [5.41, 5.74) is 7.41. The molecule has 0 unspecified atom stereocenters. The number of aromatic nitrogens is 1. The molecule has 2 rings (SSSR count). The van der Waals surface area contributed by atoms with Crippen molar-refractivity contribution in [3.05, 3.63) is 59.2 Å². The first-order chi connectivity index (χ1) is 10.1. The molecular formula is C16H14FN3O. The summed E-state index contributed by atoms with van der Waals surface area (Å²) in [6, 6.07) is 6.61. The number of carbonyl (C=O) groups excluding carboxylic acids is 1. The zero-order valence-corrected chi connectivity index (χ0v) is 11.5. The quantitative estimate of drug-likeness (QED) is 0.829. The first kappa shape index (κ1) is 14.7. The molecule has 0 fully saturated rings. The number of nitrogens with one attached hydrogen (secondary N) is 1. The van der Waals surface area contributed by atoms with Gasteiger partial charge in [-0.1, -0.05) is 11.8 Å². The van der Waals surface area contributed by atoms with Gasteiger partial charge in [0.05, 0.1) is 18.4 Å². The van der Waals surface area contributed by atoms with E-state index in [0.29, 0.717) is 11.1 Å². The van der Waals surface area contributed by atoms with Crippen molar-refractivity contribution in [1.29, 1.82) is 0 Å². The first-order valence-electron chi connectivity index (χ1n) is 6.31. The molecule has 0 aliphatic carbocycles. The van der Waals surface area contributed by atoms with Crippen molar-refractivity contribution in [2.45, 2.75) is 6.92 Å². The molecule has 21 heavy (non-hydrogen) atoms. The SMILES string of the molecule is Cc1cc(C#CCN)cc(C(=O)Nc2ccncc2F)c1. The number of hydrogen-bond donors (Lipinski definition) is 2. The second kappa shape index (κ2) is 6.64. The minimum atomic E-state index is -0.582. The third-order valence-corrected chi connectivity index (χ3v) is 2.69. The second-order valence-corrected chi connectivity index (χ2v) is 4.40. The van der Waals surface area contributed by atoms with Gasteiger partial charge >= 0.3 is 0 Å². The van der Waals surface area contributed by atoms with E-state index in [1.165, 1.54) is 12.3 Å².